The fourth-order valence-electron chi connectivity index (χ4n) is 7.15. The summed E-state index contributed by atoms with van der Waals surface area (Å²) in [4.78, 5) is 25.0. The highest BCUT2D eigenvalue weighted by Crippen LogP contribution is 2.48. The molecule has 0 radical (unpaired) electrons. The van der Waals surface area contributed by atoms with Gasteiger partial charge in [0.2, 0.25) is 0 Å². The van der Waals surface area contributed by atoms with Crippen molar-refractivity contribution in [3.63, 3.8) is 0 Å². The van der Waals surface area contributed by atoms with Crippen LogP contribution in [0.15, 0.2) is 90.1 Å². The molecule has 1 aliphatic rings. The molecular formula is C51H77O13PSi. The summed E-state index contributed by atoms with van der Waals surface area (Å²) in [6.07, 6.45) is 8.75. The highest BCUT2D eigenvalue weighted by molar-refractivity contribution is 7.54. The molecule has 0 saturated carbocycles. The summed E-state index contributed by atoms with van der Waals surface area (Å²) in [5.41, 5.74) is 4.62. The van der Waals surface area contributed by atoms with Crippen LogP contribution in [0.2, 0.25) is 18.1 Å². The lowest BCUT2D eigenvalue weighted by Gasteiger charge is -2.38. The predicted molar refractivity (Wildman–Crippen MR) is 262 cm³/mol. The highest BCUT2D eigenvalue weighted by Gasteiger charge is 2.39. The Kier molecular flexibility index (Phi) is 23.8. The highest BCUT2D eigenvalue weighted by atomic mass is 31.2. The summed E-state index contributed by atoms with van der Waals surface area (Å²) in [5.74, 6) is 1.11. The van der Waals surface area contributed by atoms with Crippen LogP contribution in [0.3, 0.4) is 0 Å². The van der Waals surface area contributed by atoms with Gasteiger partial charge in [0.15, 0.2) is 19.8 Å². The Balaban J connectivity index is 1.91. The quantitative estimate of drug-likeness (QED) is 0.0191. The van der Waals surface area contributed by atoms with Crippen LogP contribution in [0.25, 0.3) is 0 Å². The number of methoxy groups -OCH3 is 3. The molecule has 66 heavy (non-hydrogen) atoms. The van der Waals surface area contributed by atoms with Crippen molar-refractivity contribution in [2.45, 2.75) is 142 Å². The smallest absolute Gasteiger partial charge is 0.341 e. The van der Waals surface area contributed by atoms with Gasteiger partial charge in [0, 0.05) is 6.42 Å². The SMILES string of the molecule is C=C1C[C@@H](C/C=C/[C@@H](C/C(C)=C\C=O)O[Si](C)(C)C(C)(C)C)O[C@@H](/C=C(\C)C[C@H](OC(=O)CP(=O)(OCC)OCC)[C@H](COCc2ccc(OC)c(OC)c2)OCc2ccc(OC)cc2)C1. The van der Waals surface area contributed by atoms with E-state index in [4.69, 9.17) is 46.6 Å². The molecule has 1 fully saturated rings. The molecule has 1 saturated heterocycles. The Labute approximate surface area is 395 Å². The number of benzene rings is 2. The van der Waals surface area contributed by atoms with Crippen LogP contribution in [0, 0.1) is 0 Å². The van der Waals surface area contributed by atoms with E-state index >= 15 is 0 Å². The second-order valence-corrected chi connectivity index (χ2v) is 25.0. The maximum Gasteiger partial charge on any atom is 0.341 e. The van der Waals surface area contributed by atoms with E-state index in [1.807, 2.05) is 56.3 Å². The van der Waals surface area contributed by atoms with Crippen LogP contribution in [0.5, 0.6) is 17.2 Å². The van der Waals surface area contributed by atoms with Gasteiger partial charge < -0.3 is 46.6 Å². The molecule has 15 heteroatoms. The molecule has 0 aromatic heterocycles. The first-order valence-corrected chi connectivity index (χ1v) is 27.5. The van der Waals surface area contributed by atoms with Crippen molar-refractivity contribution < 1.29 is 60.8 Å². The number of ether oxygens (including phenoxy) is 7. The largest absolute Gasteiger partial charge is 0.497 e. The van der Waals surface area contributed by atoms with E-state index in [9.17, 15) is 14.2 Å². The molecule has 368 valence electrons. The van der Waals surface area contributed by atoms with E-state index in [-0.39, 0.29) is 62.8 Å². The fraction of sp³-hybridized carbons (Fsp3) is 0.569. The van der Waals surface area contributed by atoms with E-state index in [2.05, 4.69) is 58.7 Å². The number of allylic oxidation sites excluding steroid dienone is 1. The van der Waals surface area contributed by atoms with Gasteiger partial charge in [-0.3, -0.25) is 14.2 Å². The summed E-state index contributed by atoms with van der Waals surface area (Å²) >= 11 is 0. The van der Waals surface area contributed by atoms with Crippen molar-refractivity contribution in [1.29, 1.82) is 0 Å². The molecule has 0 aliphatic carbocycles. The van der Waals surface area contributed by atoms with Crippen molar-refractivity contribution in [3.8, 4) is 17.2 Å². The second kappa shape index (κ2) is 27.8. The number of hydrogen-bond acceptors (Lipinski definition) is 13. The maximum absolute atomic E-state index is 13.7. The number of aldehydes is 1. The Hall–Kier alpha value is -3.85. The number of rotatable bonds is 29. The van der Waals surface area contributed by atoms with E-state index in [1.54, 1.807) is 41.3 Å². The van der Waals surface area contributed by atoms with Crippen molar-refractivity contribution >= 4 is 28.2 Å². The first-order chi connectivity index (χ1) is 31.3. The molecule has 0 bridgehead atoms. The summed E-state index contributed by atoms with van der Waals surface area (Å²) in [7, 11) is -1.13. The Morgan fingerprint density at radius 3 is 2.17 bits per heavy atom. The van der Waals surface area contributed by atoms with Gasteiger partial charge in [-0.05, 0) is 113 Å². The normalized spacial score (nSPS) is 17.9. The summed E-state index contributed by atoms with van der Waals surface area (Å²) in [6.45, 7) is 23.4. The molecule has 0 spiro atoms. The van der Waals surface area contributed by atoms with Crippen LogP contribution in [0.4, 0.5) is 0 Å². The first kappa shape index (κ1) is 56.5. The lowest BCUT2D eigenvalue weighted by atomic mass is 9.95. The summed E-state index contributed by atoms with van der Waals surface area (Å²) in [5, 5.41) is 0.0247. The van der Waals surface area contributed by atoms with E-state index in [1.165, 1.54) is 0 Å². The van der Waals surface area contributed by atoms with Crippen molar-refractivity contribution in [3.05, 3.63) is 101 Å². The van der Waals surface area contributed by atoms with Gasteiger partial charge >= 0.3 is 13.6 Å². The summed E-state index contributed by atoms with van der Waals surface area (Å²) < 4.78 is 73.1. The molecule has 0 unspecified atom stereocenters. The molecule has 0 N–H and O–H groups in total. The lowest BCUT2D eigenvalue weighted by molar-refractivity contribution is -0.160. The average Bonchev–Trinajstić information content (AvgIpc) is 3.24. The molecule has 1 aliphatic heterocycles. The number of carbonyl (C=O) groups is 2. The van der Waals surface area contributed by atoms with Gasteiger partial charge in [0.05, 0.1) is 72.7 Å². The minimum atomic E-state index is -3.78. The van der Waals surface area contributed by atoms with E-state index < -0.39 is 40.3 Å². The van der Waals surface area contributed by atoms with Crippen molar-refractivity contribution in [2.75, 3.05) is 47.3 Å². The number of esters is 1. The van der Waals surface area contributed by atoms with E-state index in [0.29, 0.717) is 42.9 Å². The van der Waals surface area contributed by atoms with Gasteiger partial charge in [0.25, 0.3) is 0 Å². The molecule has 3 rings (SSSR count). The fourth-order valence-corrected chi connectivity index (χ4v) is 9.85. The van der Waals surface area contributed by atoms with Crippen LogP contribution in [-0.2, 0) is 59.8 Å². The summed E-state index contributed by atoms with van der Waals surface area (Å²) in [6, 6.07) is 13.0. The Morgan fingerprint density at radius 2 is 1.56 bits per heavy atom. The zero-order valence-electron chi connectivity index (χ0n) is 41.6. The monoisotopic (exact) mass is 956 g/mol. The third-order valence-electron chi connectivity index (χ3n) is 11.5. The third-order valence-corrected chi connectivity index (χ3v) is 18.0. The van der Waals surface area contributed by atoms with E-state index in [0.717, 1.165) is 34.1 Å². The second-order valence-electron chi connectivity index (χ2n) is 18.1. The predicted octanol–water partition coefficient (Wildman–Crippen LogP) is 11.3. The first-order valence-electron chi connectivity index (χ1n) is 22.8. The molecule has 13 nitrogen and oxygen atoms in total. The molecule has 2 aromatic carbocycles. The third kappa shape index (κ3) is 19.4. The van der Waals surface area contributed by atoms with Gasteiger partial charge in [0.1, 0.15) is 30.4 Å². The molecule has 0 amide bonds. The van der Waals surface area contributed by atoms with Crippen LogP contribution < -0.4 is 14.2 Å². The standard InChI is InChI=1S/C51H77O13PSi/c1-14-60-65(54,61-15-2)36-50(53)63-48(49(59-34-40-19-22-42(55-9)23-20-40)35-58-33-41-21-24-46(56-10)47(32-41)57-11)31-39(5)30-45-29-38(4)28-43(62-45)17-16-18-44(27-37(3)25-26-52)64-66(12,13)51(6,7)8/h16,18-26,30,32,43-45,48-49H,4,14-15,17,27-29,31,33-36H2,1-3,5-13H3/b18-16+,37-25-,39-30+/t43-,44+,45-,48+,49+/m1/s1. The van der Waals surface area contributed by atoms with Crippen LogP contribution in [-0.4, -0.2) is 98.4 Å². The minimum absolute atomic E-state index is 0.0247. The van der Waals surface area contributed by atoms with Gasteiger partial charge in [-0.25, -0.2) is 0 Å². The molecular weight excluding hydrogens is 880 g/mol. The Bertz CT molecular complexity index is 1960. The molecule has 1 heterocycles. The van der Waals surface area contributed by atoms with Crippen LogP contribution in [0.1, 0.15) is 91.7 Å². The van der Waals surface area contributed by atoms with Gasteiger partial charge in [-0.2, -0.15) is 0 Å². The topological polar surface area (TPSA) is 144 Å². The maximum atomic E-state index is 13.7. The van der Waals surface area contributed by atoms with Gasteiger partial charge in [-0.1, -0.05) is 80.5 Å². The van der Waals surface area contributed by atoms with Gasteiger partial charge in [-0.15, -0.1) is 0 Å². The molecule has 2 aromatic rings. The zero-order chi connectivity index (χ0) is 48.9. The lowest BCUT2D eigenvalue weighted by Crippen LogP contribution is -2.43. The number of hydrogen-bond donors (Lipinski definition) is 0. The van der Waals surface area contributed by atoms with Crippen molar-refractivity contribution in [1.82, 2.24) is 0 Å². The average molecular weight is 957 g/mol. The Morgan fingerprint density at radius 1 is 0.894 bits per heavy atom. The van der Waals surface area contributed by atoms with Crippen LogP contribution >= 0.6 is 7.60 Å². The van der Waals surface area contributed by atoms with Crippen molar-refractivity contribution in [2.24, 2.45) is 0 Å². The molecule has 5 atom stereocenters. The zero-order valence-corrected chi connectivity index (χ0v) is 43.4. The minimum Gasteiger partial charge on any atom is -0.497 e. The number of carbonyl (C=O) groups excluding carboxylic acids is 2.